The van der Waals surface area contributed by atoms with E-state index in [1.54, 1.807) is 0 Å². The summed E-state index contributed by atoms with van der Waals surface area (Å²) in [6, 6.07) is 24.5. The van der Waals surface area contributed by atoms with E-state index < -0.39 is 0 Å². The predicted molar refractivity (Wildman–Crippen MR) is 107 cm³/mol. The first-order chi connectivity index (χ1) is 12.1. The predicted octanol–water partition coefficient (Wildman–Crippen LogP) is 4.57. The number of rotatable bonds is 5. The van der Waals surface area contributed by atoms with Crippen molar-refractivity contribution in [3.63, 3.8) is 0 Å². The molecular formula is C22H25N3. The molecule has 3 nitrogen and oxygen atoms in total. The van der Waals surface area contributed by atoms with Crippen LogP contribution in [0.4, 0.5) is 17.1 Å². The fourth-order valence-corrected chi connectivity index (χ4v) is 3.61. The van der Waals surface area contributed by atoms with Crippen LogP contribution in [0.1, 0.15) is 36.5 Å². The number of nitrogen functional groups attached to an aromatic ring is 3. The molecule has 0 bridgehead atoms. The highest BCUT2D eigenvalue weighted by Gasteiger charge is 2.35. The Morgan fingerprint density at radius 1 is 0.560 bits per heavy atom. The molecule has 0 aliphatic heterocycles. The number of anilines is 3. The highest BCUT2D eigenvalue weighted by Crippen LogP contribution is 2.43. The molecule has 0 spiro atoms. The fourth-order valence-electron chi connectivity index (χ4n) is 3.61. The molecule has 25 heavy (non-hydrogen) atoms. The van der Waals surface area contributed by atoms with Gasteiger partial charge in [0.25, 0.3) is 0 Å². The summed E-state index contributed by atoms with van der Waals surface area (Å²) < 4.78 is 0. The Morgan fingerprint density at radius 2 is 0.840 bits per heavy atom. The van der Waals surface area contributed by atoms with Gasteiger partial charge in [-0.15, -0.1) is 0 Å². The molecule has 0 unspecified atom stereocenters. The summed E-state index contributed by atoms with van der Waals surface area (Å²) in [5.74, 6) is 0. The molecule has 0 atom stereocenters. The van der Waals surface area contributed by atoms with E-state index in [9.17, 15) is 0 Å². The minimum atomic E-state index is -0.260. The molecular weight excluding hydrogens is 306 g/mol. The Hall–Kier alpha value is -2.94. The first-order valence-electron chi connectivity index (χ1n) is 8.64. The van der Waals surface area contributed by atoms with Crippen LogP contribution in [0.5, 0.6) is 0 Å². The maximum absolute atomic E-state index is 5.93. The van der Waals surface area contributed by atoms with Crippen molar-refractivity contribution in [2.45, 2.75) is 25.2 Å². The third-order valence-corrected chi connectivity index (χ3v) is 4.84. The summed E-state index contributed by atoms with van der Waals surface area (Å²) in [6.07, 6.45) is 2.02. The van der Waals surface area contributed by atoms with Crippen LogP contribution in [-0.2, 0) is 5.41 Å². The van der Waals surface area contributed by atoms with Crippen molar-refractivity contribution in [2.24, 2.45) is 0 Å². The van der Waals surface area contributed by atoms with E-state index in [0.717, 1.165) is 29.9 Å². The van der Waals surface area contributed by atoms with E-state index in [0.29, 0.717) is 0 Å². The van der Waals surface area contributed by atoms with Crippen molar-refractivity contribution in [3.8, 4) is 0 Å². The lowest BCUT2D eigenvalue weighted by atomic mass is 9.67. The summed E-state index contributed by atoms with van der Waals surface area (Å²) in [6.45, 7) is 2.21. The molecule has 3 aromatic rings. The van der Waals surface area contributed by atoms with E-state index in [4.69, 9.17) is 17.2 Å². The van der Waals surface area contributed by atoms with Crippen LogP contribution in [0, 0.1) is 0 Å². The maximum Gasteiger partial charge on any atom is 0.0451 e. The Kier molecular flexibility index (Phi) is 4.66. The quantitative estimate of drug-likeness (QED) is 0.473. The van der Waals surface area contributed by atoms with Gasteiger partial charge in [0.15, 0.2) is 0 Å². The molecule has 6 N–H and O–H groups in total. The van der Waals surface area contributed by atoms with Gasteiger partial charge >= 0.3 is 0 Å². The molecule has 3 rings (SSSR count). The third-order valence-electron chi connectivity index (χ3n) is 4.84. The molecule has 0 saturated carbocycles. The minimum Gasteiger partial charge on any atom is -0.399 e. The number of hydrogen-bond donors (Lipinski definition) is 3. The van der Waals surface area contributed by atoms with Crippen molar-refractivity contribution >= 4 is 17.1 Å². The van der Waals surface area contributed by atoms with E-state index in [-0.39, 0.29) is 5.41 Å². The zero-order valence-corrected chi connectivity index (χ0v) is 14.6. The van der Waals surface area contributed by atoms with Crippen molar-refractivity contribution < 1.29 is 0 Å². The van der Waals surface area contributed by atoms with Gasteiger partial charge < -0.3 is 17.2 Å². The Balaban J connectivity index is 2.28. The topological polar surface area (TPSA) is 78.1 Å². The van der Waals surface area contributed by atoms with Gasteiger partial charge in [-0.05, 0) is 59.5 Å². The number of nitrogens with two attached hydrogens (primary N) is 3. The summed E-state index contributed by atoms with van der Waals surface area (Å²) in [4.78, 5) is 0. The smallest absolute Gasteiger partial charge is 0.0451 e. The molecule has 0 aliphatic rings. The third kappa shape index (κ3) is 3.18. The minimum absolute atomic E-state index is 0.260. The lowest BCUT2D eigenvalue weighted by Gasteiger charge is -2.36. The van der Waals surface area contributed by atoms with Crippen molar-refractivity contribution in [1.29, 1.82) is 0 Å². The van der Waals surface area contributed by atoms with Crippen LogP contribution in [-0.4, -0.2) is 0 Å². The van der Waals surface area contributed by atoms with Gasteiger partial charge in [-0.2, -0.15) is 0 Å². The number of benzene rings is 3. The largest absolute Gasteiger partial charge is 0.399 e. The molecule has 3 heteroatoms. The Morgan fingerprint density at radius 3 is 1.08 bits per heavy atom. The highest BCUT2D eigenvalue weighted by molar-refractivity contribution is 5.56. The van der Waals surface area contributed by atoms with Crippen LogP contribution >= 0.6 is 0 Å². The molecule has 3 aromatic carbocycles. The molecule has 0 aliphatic carbocycles. The van der Waals surface area contributed by atoms with Gasteiger partial charge in [0, 0.05) is 22.5 Å². The van der Waals surface area contributed by atoms with Crippen molar-refractivity contribution in [1.82, 2.24) is 0 Å². The maximum atomic E-state index is 5.93. The van der Waals surface area contributed by atoms with Gasteiger partial charge in [-0.1, -0.05) is 49.7 Å². The normalized spacial score (nSPS) is 11.4. The lowest BCUT2D eigenvalue weighted by molar-refractivity contribution is 0.550. The first-order valence-corrected chi connectivity index (χ1v) is 8.64. The van der Waals surface area contributed by atoms with E-state index >= 15 is 0 Å². The molecule has 0 aromatic heterocycles. The van der Waals surface area contributed by atoms with Crippen LogP contribution in [0.25, 0.3) is 0 Å². The van der Waals surface area contributed by atoms with Crippen molar-refractivity contribution in [3.05, 3.63) is 89.5 Å². The van der Waals surface area contributed by atoms with E-state index in [2.05, 4.69) is 43.3 Å². The monoisotopic (exact) mass is 331 g/mol. The van der Waals surface area contributed by atoms with Crippen molar-refractivity contribution in [2.75, 3.05) is 17.2 Å². The lowest BCUT2D eigenvalue weighted by Crippen LogP contribution is -2.29. The second-order valence-corrected chi connectivity index (χ2v) is 6.52. The van der Waals surface area contributed by atoms with E-state index in [1.807, 2.05) is 36.4 Å². The summed E-state index contributed by atoms with van der Waals surface area (Å²) >= 11 is 0. The van der Waals surface area contributed by atoms with Crippen LogP contribution in [0.15, 0.2) is 72.8 Å². The Bertz CT molecular complexity index is 708. The summed E-state index contributed by atoms with van der Waals surface area (Å²) in [5, 5.41) is 0. The molecule has 0 radical (unpaired) electrons. The number of hydrogen-bond acceptors (Lipinski definition) is 3. The van der Waals surface area contributed by atoms with Gasteiger partial charge in [0.2, 0.25) is 0 Å². The van der Waals surface area contributed by atoms with Gasteiger partial charge in [-0.25, -0.2) is 0 Å². The average Bonchev–Trinajstić information content (AvgIpc) is 2.62. The molecule has 0 fully saturated rings. The Labute approximate surface area is 149 Å². The zero-order valence-electron chi connectivity index (χ0n) is 14.6. The molecule has 128 valence electrons. The first kappa shape index (κ1) is 16.9. The van der Waals surface area contributed by atoms with Crippen LogP contribution in [0.2, 0.25) is 0 Å². The molecule has 0 saturated heterocycles. The average molecular weight is 331 g/mol. The molecule has 0 heterocycles. The highest BCUT2D eigenvalue weighted by atomic mass is 14.6. The van der Waals surface area contributed by atoms with Gasteiger partial charge in [-0.3, -0.25) is 0 Å². The summed E-state index contributed by atoms with van der Waals surface area (Å²) in [7, 11) is 0. The van der Waals surface area contributed by atoms with Gasteiger partial charge in [0.05, 0.1) is 0 Å². The zero-order chi connectivity index (χ0) is 17.9. The second-order valence-electron chi connectivity index (χ2n) is 6.52. The SMILES string of the molecule is CCCC(c1ccc(N)cc1)(c1ccc(N)cc1)c1ccc(N)cc1. The van der Waals surface area contributed by atoms with E-state index in [1.165, 1.54) is 16.7 Å². The fraction of sp³-hybridized carbons (Fsp3) is 0.182. The summed E-state index contributed by atoms with van der Waals surface area (Å²) in [5.41, 5.74) is 23.5. The van der Waals surface area contributed by atoms with Crippen LogP contribution in [0.3, 0.4) is 0 Å². The second kappa shape index (κ2) is 6.89. The standard InChI is InChI=1S/C22H25N3/c1-2-15-22(16-3-9-19(23)10-4-16,17-5-11-20(24)12-6-17)18-7-13-21(25)14-8-18/h3-14H,2,15,23-25H2,1H3. The molecule has 0 amide bonds. The van der Waals surface area contributed by atoms with Gasteiger partial charge in [0.1, 0.15) is 0 Å². The van der Waals surface area contributed by atoms with Crippen LogP contribution < -0.4 is 17.2 Å².